The molecular formula is C22H34O6. The van der Waals surface area contributed by atoms with E-state index in [9.17, 15) is 20.1 Å². The van der Waals surface area contributed by atoms with Crippen LogP contribution in [-0.4, -0.2) is 56.9 Å². The van der Waals surface area contributed by atoms with Gasteiger partial charge in [0, 0.05) is 12.8 Å². The van der Waals surface area contributed by atoms with Crippen molar-refractivity contribution < 1.29 is 30.0 Å². The summed E-state index contributed by atoms with van der Waals surface area (Å²) in [6, 6.07) is 0. The number of rotatable bonds is 13. The Labute approximate surface area is 167 Å². The molecule has 1 saturated heterocycles. The first-order valence-corrected chi connectivity index (χ1v) is 9.98. The third kappa shape index (κ3) is 10.6. The van der Waals surface area contributed by atoms with Gasteiger partial charge in [-0.25, -0.2) is 0 Å². The molecule has 0 saturated carbocycles. The van der Waals surface area contributed by atoms with Crippen LogP contribution >= 0.6 is 0 Å². The lowest BCUT2D eigenvalue weighted by Crippen LogP contribution is -2.25. The summed E-state index contributed by atoms with van der Waals surface area (Å²) in [5, 5.41) is 38.7. The maximum Gasteiger partial charge on any atom is 0.303 e. The lowest BCUT2D eigenvalue weighted by molar-refractivity contribution is -0.138. The van der Waals surface area contributed by atoms with E-state index < -0.39 is 36.5 Å². The number of ether oxygens (including phenoxy) is 1. The summed E-state index contributed by atoms with van der Waals surface area (Å²) in [6.45, 7) is 2.10. The maximum absolute atomic E-state index is 10.6. The molecular weight excluding hydrogens is 360 g/mol. The highest BCUT2D eigenvalue weighted by atomic mass is 16.5. The minimum absolute atomic E-state index is 0.0872. The molecule has 0 amide bonds. The van der Waals surface area contributed by atoms with Gasteiger partial charge in [0.2, 0.25) is 0 Å². The van der Waals surface area contributed by atoms with Gasteiger partial charge in [-0.2, -0.15) is 0 Å². The Bertz CT molecular complexity index is 551. The van der Waals surface area contributed by atoms with Crippen LogP contribution in [0.1, 0.15) is 51.9 Å². The monoisotopic (exact) mass is 394 g/mol. The van der Waals surface area contributed by atoms with E-state index in [1.165, 1.54) is 12.2 Å². The van der Waals surface area contributed by atoms with Gasteiger partial charge in [-0.3, -0.25) is 4.79 Å². The summed E-state index contributed by atoms with van der Waals surface area (Å²) < 4.78 is 5.56. The fourth-order valence-corrected chi connectivity index (χ4v) is 2.90. The van der Waals surface area contributed by atoms with Gasteiger partial charge < -0.3 is 25.2 Å². The van der Waals surface area contributed by atoms with Crippen molar-refractivity contribution in [2.24, 2.45) is 0 Å². The first-order chi connectivity index (χ1) is 13.4. The number of aliphatic hydroxyl groups is 3. The van der Waals surface area contributed by atoms with Crippen LogP contribution < -0.4 is 0 Å². The van der Waals surface area contributed by atoms with E-state index in [2.05, 4.69) is 31.2 Å². The minimum atomic E-state index is -0.956. The number of carboxylic acids is 1. The van der Waals surface area contributed by atoms with Crippen molar-refractivity contribution in [2.45, 2.75) is 82.4 Å². The second-order valence-electron chi connectivity index (χ2n) is 6.92. The van der Waals surface area contributed by atoms with Crippen molar-refractivity contribution in [3.05, 3.63) is 48.6 Å². The first kappa shape index (κ1) is 24.3. The Hall–Kier alpha value is -1.73. The summed E-state index contributed by atoms with van der Waals surface area (Å²) in [7, 11) is 0. The molecule has 6 heteroatoms. The lowest BCUT2D eigenvalue weighted by atomic mass is 10.0. The molecule has 158 valence electrons. The number of allylic oxidation sites excluding steroid dienone is 5. The van der Waals surface area contributed by atoms with Crippen molar-refractivity contribution in [1.29, 1.82) is 0 Å². The van der Waals surface area contributed by atoms with Gasteiger partial charge in [0.25, 0.3) is 0 Å². The Morgan fingerprint density at radius 2 is 1.71 bits per heavy atom. The number of hydrogen-bond acceptors (Lipinski definition) is 5. The Morgan fingerprint density at radius 3 is 2.36 bits per heavy atom. The average molecular weight is 395 g/mol. The van der Waals surface area contributed by atoms with E-state index in [1.807, 2.05) is 12.2 Å². The number of hydrogen-bond donors (Lipinski definition) is 4. The normalized spacial score (nSPS) is 25.5. The van der Waals surface area contributed by atoms with Crippen molar-refractivity contribution in [3.63, 3.8) is 0 Å². The van der Waals surface area contributed by atoms with Crippen molar-refractivity contribution in [1.82, 2.24) is 0 Å². The third-order valence-electron chi connectivity index (χ3n) is 4.46. The first-order valence-electron chi connectivity index (χ1n) is 9.98. The molecule has 1 heterocycles. The van der Waals surface area contributed by atoms with E-state index in [0.717, 1.165) is 19.3 Å². The Balaban J connectivity index is 2.28. The summed E-state index contributed by atoms with van der Waals surface area (Å²) in [4.78, 5) is 10.6. The lowest BCUT2D eigenvalue weighted by Gasteiger charge is -2.16. The van der Waals surface area contributed by atoms with Gasteiger partial charge in [-0.05, 0) is 32.1 Å². The van der Waals surface area contributed by atoms with E-state index in [4.69, 9.17) is 9.84 Å². The molecule has 1 aliphatic heterocycles. The molecule has 0 aromatic heterocycles. The highest BCUT2D eigenvalue weighted by molar-refractivity contribution is 5.66. The quantitative estimate of drug-likeness (QED) is 0.358. The van der Waals surface area contributed by atoms with Crippen LogP contribution in [0.2, 0.25) is 0 Å². The number of carboxylic acid groups (broad SMARTS) is 1. The van der Waals surface area contributed by atoms with Crippen LogP contribution in [0, 0.1) is 0 Å². The SMILES string of the molecule is CC/C=C\C/C=C\C/C=C\C[C@@H](O)/C=C/[C@@H](O)[C@H]1C[C@@H](O)[C@H](CCC(=O)O)O1. The molecule has 28 heavy (non-hydrogen) atoms. The molecule has 0 spiro atoms. The standard InChI is InChI=1S/C22H34O6/c1-2-3-4-5-6-7-8-9-10-11-17(23)12-13-18(24)21-16-19(25)20(28-21)14-15-22(26)27/h3-4,6-7,9-10,12-13,17-21,23-25H,2,5,8,11,14-16H2,1H3,(H,26,27)/b4-3-,7-6-,10-9-,13-12+/t17-,18-,19-,20+,21-/m1/s1. The van der Waals surface area contributed by atoms with Crippen LogP contribution in [0.5, 0.6) is 0 Å². The third-order valence-corrected chi connectivity index (χ3v) is 4.46. The summed E-state index contributed by atoms with van der Waals surface area (Å²) in [5.74, 6) is -0.945. The predicted molar refractivity (Wildman–Crippen MR) is 109 cm³/mol. The Kier molecular flexibility index (Phi) is 12.4. The predicted octanol–water partition coefficient (Wildman–Crippen LogP) is 2.90. The highest BCUT2D eigenvalue weighted by Crippen LogP contribution is 2.26. The fraction of sp³-hybridized carbons (Fsp3) is 0.591. The van der Waals surface area contributed by atoms with Crippen LogP contribution in [0.25, 0.3) is 0 Å². The van der Waals surface area contributed by atoms with Crippen LogP contribution in [0.3, 0.4) is 0 Å². The van der Waals surface area contributed by atoms with Gasteiger partial charge in [-0.1, -0.05) is 55.5 Å². The van der Waals surface area contributed by atoms with Crippen molar-refractivity contribution >= 4 is 5.97 Å². The molecule has 4 N–H and O–H groups in total. The molecule has 1 aliphatic rings. The summed E-state index contributed by atoms with van der Waals surface area (Å²) in [5.41, 5.74) is 0. The smallest absolute Gasteiger partial charge is 0.303 e. The van der Waals surface area contributed by atoms with Crippen molar-refractivity contribution in [3.8, 4) is 0 Å². The van der Waals surface area contributed by atoms with Gasteiger partial charge in [0.1, 0.15) is 0 Å². The molecule has 0 aromatic carbocycles. The number of aliphatic carboxylic acids is 1. The molecule has 0 unspecified atom stereocenters. The summed E-state index contributed by atoms with van der Waals surface area (Å²) >= 11 is 0. The largest absolute Gasteiger partial charge is 0.481 e. The topological polar surface area (TPSA) is 107 Å². The summed E-state index contributed by atoms with van der Waals surface area (Å²) in [6.07, 6.45) is 15.3. The van der Waals surface area contributed by atoms with E-state index in [-0.39, 0.29) is 19.3 Å². The molecule has 5 atom stereocenters. The molecule has 6 nitrogen and oxygen atoms in total. The van der Waals surface area contributed by atoms with E-state index in [0.29, 0.717) is 6.42 Å². The van der Waals surface area contributed by atoms with E-state index in [1.54, 1.807) is 0 Å². The molecule has 0 radical (unpaired) electrons. The number of aliphatic hydroxyl groups excluding tert-OH is 3. The van der Waals surface area contributed by atoms with E-state index >= 15 is 0 Å². The molecule has 1 fully saturated rings. The number of carbonyl (C=O) groups is 1. The van der Waals surface area contributed by atoms with Gasteiger partial charge >= 0.3 is 5.97 Å². The average Bonchev–Trinajstić information content (AvgIpc) is 3.04. The van der Waals surface area contributed by atoms with Crippen molar-refractivity contribution in [2.75, 3.05) is 0 Å². The van der Waals surface area contributed by atoms with Gasteiger partial charge in [0.05, 0.1) is 30.5 Å². The minimum Gasteiger partial charge on any atom is -0.481 e. The zero-order valence-corrected chi connectivity index (χ0v) is 16.6. The zero-order chi connectivity index (χ0) is 20.8. The fourth-order valence-electron chi connectivity index (χ4n) is 2.90. The highest BCUT2D eigenvalue weighted by Gasteiger charge is 2.36. The molecule has 0 aromatic rings. The Morgan fingerprint density at radius 1 is 1.07 bits per heavy atom. The van der Waals surface area contributed by atoms with Crippen LogP contribution in [-0.2, 0) is 9.53 Å². The molecule has 0 aliphatic carbocycles. The second kappa shape index (κ2) is 14.3. The second-order valence-corrected chi connectivity index (χ2v) is 6.92. The van der Waals surface area contributed by atoms with Crippen LogP contribution in [0.4, 0.5) is 0 Å². The van der Waals surface area contributed by atoms with Gasteiger partial charge in [0.15, 0.2) is 0 Å². The van der Waals surface area contributed by atoms with Gasteiger partial charge in [-0.15, -0.1) is 0 Å². The molecule has 1 rings (SSSR count). The zero-order valence-electron chi connectivity index (χ0n) is 16.6. The van der Waals surface area contributed by atoms with Crippen LogP contribution in [0.15, 0.2) is 48.6 Å². The molecule has 0 bridgehead atoms. The maximum atomic E-state index is 10.6.